The third kappa shape index (κ3) is 4.23. The zero-order valence-electron chi connectivity index (χ0n) is 16.9. The Morgan fingerprint density at radius 3 is 2.12 bits per heavy atom. The molecule has 0 saturated carbocycles. The molecular formula is C23H32O2. The quantitative estimate of drug-likeness (QED) is 0.754. The topological polar surface area (TPSA) is 37.3 Å². The highest BCUT2D eigenvalue weighted by atomic mass is 16.3. The molecule has 0 spiro atoms. The summed E-state index contributed by atoms with van der Waals surface area (Å²) < 4.78 is 0. The molecule has 0 bridgehead atoms. The number of ketones is 1. The van der Waals surface area contributed by atoms with Crippen molar-refractivity contribution in [2.24, 2.45) is 11.3 Å². The summed E-state index contributed by atoms with van der Waals surface area (Å²) in [6, 6.07) is 4.04. The first-order valence-electron chi connectivity index (χ1n) is 9.11. The molecule has 2 heteroatoms. The average Bonchev–Trinajstić information content (AvgIpc) is 2.43. The molecular weight excluding hydrogens is 308 g/mol. The van der Waals surface area contributed by atoms with Gasteiger partial charge < -0.3 is 5.11 Å². The Kier molecular flexibility index (Phi) is 5.05. The van der Waals surface area contributed by atoms with Gasteiger partial charge in [0.15, 0.2) is 5.78 Å². The minimum atomic E-state index is -0.171. The number of allylic oxidation sites excluding steroid dienone is 4. The molecule has 2 rings (SSSR count). The van der Waals surface area contributed by atoms with E-state index < -0.39 is 0 Å². The van der Waals surface area contributed by atoms with Crippen LogP contribution in [-0.4, -0.2) is 10.9 Å². The van der Waals surface area contributed by atoms with Crippen molar-refractivity contribution in [3.63, 3.8) is 0 Å². The van der Waals surface area contributed by atoms with E-state index in [1.165, 1.54) is 0 Å². The van der Waals surface area contributed by atoms with Gasteiger partial charge in [-0.25, -0.2) is 0 Å². The van der Waals surface area contributed by atoms with E-state index in [2.05, 4.69) is 54.5 Å². The van der Waals surface area contributed by atoms with Gasteiger partial charge in [-0.1, -0.05) is 78.3 Å². The lowest BCUT2D eigenvalue weighted by atomic mass is 9.75. The van der Waals surface area contributed by atoms with Crippen LogP contribution in [0.4, 0.5) is 0 Å². The van der Waals surface area contributed by atoms with Crippen LogP contribution in [0.5, 0.6) is 5.75 Å². The maximum atomic E-state index is 13.0. The summed E-state index contributed by atoms with van der Waals surface area (Å²) in [6.07, 6.45) is 4.59. The Bertz CT molecular complexity index is 750. The molecule has 1 unspecified atom stereocenters. The second kappa shape index (κ2) is 6.48. The van der Waals surface area contributed by atoms with Gasteiger partial charge in [-0.05, 0) is 34.8 Å². The van der Waals surface area contributed by atoms with Crippen LogP contribution in [0, 0.1) is 18.3 Å². The number of rotatable bonds is 2. The molecule has 1 atom stereocenters. The Hall–Kier alpha value is -1.83. The zero-order valence-corrected chi connectivity index (χ0v) is 16.9. The molecule has 25 heavy (non-hydrogen) atoms. The summed E-state index contributed by atoms with van der Waals surface area (Å²) in [5.41, 5.74) is 4.25. The average molecular weight is 341 g/mol. The molecule has 1 aromatic rings. The van der Waals surface area contributed by atoms with E-state index in [4.69, 9.17) is 0 Å². The predicted molar refractivity (Wildman–Crippen MR) is 105 cm³/mol. The smallest absolute Gasteiger partial charge is 0.185 e. The van der Waals surface area contributed by atoms with Crippen LogP contribution >= 0.6 is 0 Å². The number of carbonyl (C=O) groups is 1. The monoisotopic (exact) mass is 340 g/mol. The number of carbonyl (C=O) groups excluding carboxylic acids is 1. The van der Waals surface area contributed by atoms with Crippen LogP contribution in [0.2, 0.25) is 0 Å². The number of phenolic OH excluding ortho intramolecular Hbond substituents is 1. The molecule has 0 radical (unpaired) electrons. The Labute approximate surface area is 152 Å². The van der Waals surface area contributed by atoms with E-state index >= 15 is 0 Å². The third-order valence-electron chi connectivity index (χ3n) is 4.76. The van der Waals surface area contributed by atoms with Crippen molar-refractivity contribution in [2.45, 2.75) is 67.2 Å². The number of hydrogen-bond donors (Lipinski definition) is 1. The van der Waals surface area contributed by atoms with Crippen molar-refractivity contribution in [3.05, 3.63) is 52.1 Å². The van der Waals surface area contributed by atoms with E-state index in [0.29, 0.717) is 12.2 Å². The minimum Gasteiger partial charge on any atom is -0.507 e. The summed E-state index contributed by atoms with van der Waals surface area (Å²) in [7, 11) is 0. The highest BCUT2D eigenvalue weighted by Gasteiger charge is 2.30. The Morgan fingerprint density at radius 1 is 1.00 bits per heavy atom. The number of aromatic hydroxyl groups is 1. The second-order valence-corrected chi connectivity index (χ2v) is 9.46. The fraction of sp³-hybridized carbons (Fsp3) is 0.522. The summed E-state index contributed by atoms with van der Waals surface area (Å²) in [5.74, 6) is 0.672. The van der Waals surface area contributed by atoms with Gasteiger partial charge in [-0.3, -0.25) is 4.79 Å². The highest BCUT2D eigenvalue weighted by molar-refractivity contribution is 6.10. The lowest BCUT2D eigenvalue weighted by molar-refractivity contribution is -0.113. The molecule has 0 aromatic heterocycles. The first-order chi connectivity index (χ1) is 11.3. The largest absolute Gasteiger partial charge is 0.507 e. The van der Waals surface area contributed by atoms with Crippen molar-refractivity contribution in [2.75, 3.05) is 0 Å². The van der Waals surface area contributed by atoms with Gasteiger partial charge in [-0.2, -0.15) is 0 Å². The summed E-state index contributed by atoms with van der Waals surface area (Å²) in [5, 5.41) is 10.8. The molecule has 0 heterocycles. The molecule has 1 aromatic carbocycles. The van der Waals surface area contributed by atoms with Crippen LogP contribution in [0.25, 0.3) is 0 Å². The summed E-state index contributed by atoms with van der Waals surface area (Å²) in [4.78, 5) is 13.0. The number of benzene rings is 1. The first kappa shape index (κ1) is 19.5. The van der Waals surface area contributed by atoms with Gasteiger partial charge in [-0.15, -0.1) is 0 Å². The normalized spacial score (nSPS) is 18.9. The molecule has 2 nitrogen and oxygen atoms in total. The van der Waals surface area contributed by atoms with Gasteiger partial charge in [0.25, 0.3) is 0 Å². The molecule has 0 aliphatic heterocycles. The Morgan fingerprint density at radius 2 is 1.60 bits per heavy atom. The second-order valence-electron chi connectivity index (χ2n) is 9.46. The van der Waals surface area contributed by atoms with Crippen molar-refractivity contribution < 1.29 is 9.90 Å². The van der Waals surface area contributed by atoms with E-state index in [1.54, 1.807) is 0 Å². The molecule has 136 valence electrons. The predicted octanol–water partition coefficient (Wildman–Crippen LogP) is 5.66. The van der Waals surface area contributed by atoms with Crippen LogP contribution < -0.4 is 0 Å². The molecule has 0 fully saturated rings. The number of Topliss-reactive ketones (excluding diaryl/α,β-unsaturated/α-hetero) is 1. The lowest BCUT2D eigenvalue weighted by Crippen LogP contribution is -2.24. The molecule has 0 amide bonds. The summed E-state index contributed by atoms with van der Waals surface area (Å²) in [6.45, 7) is 16.7. The van der Waals surface area contributed by atoms with Gasteiger partial charge in [0.1, 0.15) is 5.75 Å². The number of aryl methyl sites for hydroxylation is 1. The number of phenols is 1. The van der Waals surface area contributed by atoms with Crippen LogP contribution in [-0.2, 0) is 16.6 Å². The minimum absolute atomic E-state index is 0.115. The van der Waals surface area contributed by atoms with Gasteiger partial charge in [0.05, 0.1) is 0 Å². The fourth-order valence-corrected chi connectivity index (χ4v) is 3.45. The van der Waals surface area contributed by atoms with Gasteiger partial charge >= 0.3 is 0 Å². The fourth-order valence-electron chi connectivity index (χ4n) is 3.45. The SMILES string of the molecule is Cc1cc(CC2=CC(C)C=C(C(C)(C)C)C2=O)c(O)c(C(C)(C)C)c1. The molecule has 0 saturated heterocycles. The number of hydrogen-bond acceptors (Lipinski definition) is 2. The van der Waals surface area contributed by atoms with Crippen LogP contribution in [0.1, 0.15) is 65.2 Å². The standard InChI is InChI=1S/C23H32O2/c1-14-9-16(20(24)18(11-14)22(3,4)5)13-17-10-15(2)12-19(21(17)25)23(6,7)8/h9-12,14,25H,13H2,1-8H3. The van der Waals surface area contributed by atoms with Gasteiger partial charge in [0.2, 0.25) is 0 Å². The third-order valence-corrected chi connectivity index (χ3v) is 4.76. The van der Waals surface area contributed by atoms with Crippen LogP contribution in [0.15, 0.2) is 35.4 Å². The Balaban J connectivity index is 2.44. The van der Waals surface area contributed by atoms with E-state index in [0.717, 1.165) is 27.8 Å². The molecule has 1 aliphatic rings. The van der Waals surface area contributed by atoms with Gasteiger partial charge in [0, 0.05) is 17.6 Å². The van der Waals surface area contributed by atoms with E-state index in [1.807, 2.05) is 25.1 Å². The van der Waals surface area contributed by atoms with Crippen molar-refractivity contribution in [3.8, 4) is 5.75 Å². The van der Waals surface area contributed by atoms with Crippen molar-refractivity contribution >= 4 is 5.78 Å². The highest BCUT2D eigenvalue weighted by Crippen LogP contribution is 2.38. The lowest BCUT2D eigenvalue weighted by Gasteiger charge is -2.28. The van der Waals surface area contributed by atoms with Crippen LogP contribution in [0.3, 0.4) is 0 Å². The maximum Gasteiger partial charge on any atom is 0.185 e. The van der Waals surface area contributed by atoms with E-state index in [-0.39, 0.29) is 22.5 Å². The molecule has 1 aliphatic carbocycles. The molecule has 1 N–H and O–H groups in total. The maximum absolute atomic E-state index is 13.0. The zero-order chi connectivity index (χ0) is 19.2. The van der Waals surface area contributed by atoms with Crippen molar-refractivity contribution in [1.82, 2.24) is 0 Å². The first-order valence-corrected chi connectivity index (χ1v) is 9.11. The summed E-state index contributed by atoms with van der Waals surface area (Å²) >= 11 is 0. The van der Waals surface area contributed by atoms with E-state index in [9.17, 15) is 9.90 Å². The van der Waals surface area contributed by atoms with Crippen molar-refractivity contribution in [1.29, 1.82) is 0 Å².